The average molecular weight is 284 g/mol. The monoisotopic (exact) mass is 284 g/mol. The van der Waals surface area contributed by atoms with E-state index in [-0.39, 0.29) is 0 Å². The number of halogens is 1. The van der Waals surface area contributed by atoms with Crippen LogP contribution < -0.4 is 0 Å². The summed E-state index contributed by atoms with van der Waals surface area (Å²) < 4.78 is 11.4. The molecule has 0 spiro atoms. The van der Waals surface area contributed by atoms with E-state index in [0.717, 1.165) is 13.2 Å². The Morgan fingerprint density at radius 3 is 2.67 bits per heavy atom. The molecular formula is C9H17IO2. The van der Waals surface area contributed by atoms with Crippen molar-refractivity contribution in [1.29, 1.82) is 0 Å². The van der Waals surface area contributed by atoms with Gasteiger partial charge in [0, 0.05) is 11.0 Å². The third-order valence-corrected chi connectivity index (χ3v) is 3.67. The smallest absolute Gasteiger partial charge is 0.0704 e. The van der Waals surface area contributed by atoms with Crippen molar-refractivity contribution in [2.45, 2.75) is 35.7 Å². The van der Waals surface area contributed by atoms with Crippen LogP contribution >= 0.6 is 22.6 Å². The highest BCUT2D eigenvalue weighted by molar-refractivity contribution is 14.1. The van der Waals surface area contributed by atoms with Gasteiger partial charge in [0.1, 0.15) is 0 Å². The van der Waals surface area contributed by atoms with Crippen molar-refractivity contribution >= 4 is 22.6 Å². The minimum absolute atomic E-state index is 0.481. The van der Waals surface area contributed by atoms with Crippen LogP contribution in [0.3, 0.4) is 0 Å². The van der Waals surface area contributed by atoms with Gasteiger partial charge in [-0.05, 0) is 12.8 Å². The van der Waals surface area contributed by atoms with Gasteiger partial charge in [-0.2, -0.15) is 0 Å². The molecule has 0 N–H and O–H groups in total. The first-order valence-electron chi connectivity index (χ1n) is 4.59. The summed E-state index contributed by atoms with van der Waals surface area (Å²) in [5.74, 6) is 0. The van der Waals surface area contributed by atoms with E-state index < -0.39 is 0 Å². The molecule has 1 aliphatic rings. The Bertz CT molecular complexity index is 119. The zero-order chi connectivity index (χ0) is 8.81. The highest BCUT2D eigenvalue weighted by atomic mass is 127. The molecule has 0 aromatic heterocycles. The highest BCUT2D eigenvalue weighted by Gasteiger charge is 2.22. The maximum absolute atomic E-state index is 5.70. The van der Waals surface area contributed by atoms with Crippen molar-refractivity contribution in [2.24, 2.45) is 0 Å². The zero-order valence-corrected chi connectivity index (χ0v) is 9.75. The first-order valence-corrected chi connectivity index (χ1v) is 5.83. The van der Waals surface area contributed by atoms with E-state index in [1.165, 1.54) is 25.7 Å². The van der Waals surface area contributed by atoms with Crippen LogP contribution in [0.4, 0.5) is 0 Å². The van der Waals surface area contributed by atoms with Crippen LogP contribution in [0.1, 0.15) is 25.7 Å². The number of ether oxygens (including phenoxy) is 2. The van der Waals surface area contributed by atoms with E-state index in [1.54, 1.807) is 7.11 Å². The maximum atomic E-state index is 5.70. The normalized spacial score (nSPS) is 30.5. The number of hydrogen-bond donors (Lipinski definition) is 0. The first kappa shape index (κ1) is 10.7. The van der Waals surface area contributed by atoms with Gasteiger partial charge in [-0.25, -0.2) is 0 Å². The summed E-state index contributed by atoms with van der Waals surface area (Å²) >= 11 is 2.50. The lowest BCUT2D eigenvalue weighted by Gasteiger charge is -2.27. The van der Waals surface area contributed by atoms with Gasteiger partial charge in [-0.15, -0.1) is 0 Å². The van der Waals surface area contributed by atoms with Gasteiger partial charge in [0.25, 0.3) is 0 Å². The Labute approximate surface area is 88.1 Å². The van der Waals surface area contributed by atoms with Gasteiger partial charge >= 0.3 is 0 Å². The minimum Gasteiger partial charge on any atom is -0.382 e. The van der Waals surface area contributed by atoms with Crippen molar-refractivity contribution in [3.8, 4) is 0 Å². The topological polar surface area (TPSA) is 18.5 Å². The van der Waals surface area contributed by atoms with E-state index >= 15 is 0 Å². The molecule has 0 aromatic rings. The summed E-state index contributed by atoms with van der Waals surface area (Å²) in [5, 5.41) is 0. The predicted octanol–water partition coefficient (Wildman–Crippen LogP) is 2.40. The second-order valence-corrected chi connectivity index (χ2v) is 4.80. The van der Waals surface area contributed by atoms with Crippen molar-refractivity contribution < 1.29 is 9.47 Å². The Hall–Kier alpha value is 0.650. The van der Waals surface area contributed by atoms with Crippen molar-refractivity contribution in [3.05, 3.63) is 0 Å². The van der Waals surface area contributed by atoms with E-state index in [2.05, 4.69) is 22.6 Å². The van der Waals surface area contributed by atoms with Crippen LogP contribution in [-0.2, 0) is 9.47 Å². The standard InChI is InChI=1S/C9H17IO2/c1-11-6-7-12-9-5-3-2-4-8(9)10/h8-9H,2-7H2,1H3. The van der Waals surface area contributed by atoms with Crippen LogP contribution in [-0.4, -0.2) is 30.4 Å². The van der Waals surface area contributed by atoms with Crippen LogP contribution in [0.5, 0.6) is 0 Å². The number of methoxy groups -OCH3 is 1. The summed E-state index contributed by atoms with van der Waals surface area (Å²) in [6, 6.07) is 0. The molecule has 72 valence electrons. The lowest BCUT2D eigenvalue weighted by atomic mass is 9.98. The summed E-state index contributed by atoms with van der Waals surface area (Å²) in [6.07, 6.45) is 5.74. The summed E-state index contributed by atoms with van der Waals surface area (Å²) in [5.41, 5.74) is 0. The maximum Gasteiger partial charge on any atom is 0.0704 e. The van der Waals surface area contributed by atoms with E-state index in [4.69, 9.17) is 9.47 Å². The third-order valence-electron chi connectivity index (χ3n) is 2.24. The average Bonchev–Trinajstić information content (AvgIpc) is 2.09. The molecule has 2 unspecified atom stereocenters. The lowest BCUT2D eigenvalue weighted by molar-refractivity contribution is 0.00584. The van der Waals surface area contributed by atoms with Crippen LogP contribution in [0.15, 0.2) is 0 Å². The van der Waals surface area contributed by atoms with Crippen LogP contribution in [0, 0.1) is 0 Å². The molecule has 0 amide bonds. The van der Waals surface area contributed by atoms with E-state index in [0.29, 0.717) is 10.0 Å². The second kappa shape index (κ2) is 6.16. The Morgan fingerprint density at radius 2 is 2.00 bits per heavy atom. The summed E-state index contributed by atoms with van der Waals surface area (Å²) in [6.45, 7) is 1.47. The fourth-order valence-corrected chi connectivity index (χ4v) is 2.53. The largest absolute Gasteiger partial charge is 0.382 e. The zero-order valence-electron chi connectivity index (χ0n) is 7.59. The Balaban J connectivity index is 2.11. The third kappa shape index (κ3) is 3.58. The second-order valence-electron chi connectivity index (χ2n) is 3.20. The van der Waals surface area contributed by atoms with Gasteiger partial charge in [0.05, 0.1) is 19.3 Å². The van der Waals surface area contributed by atoms with Gasteiger partial charge < -0.3 is 9.47 Å². The summed E-state index contributed by atoms with van der Waals surface area (Å²) in [7, 11) is 1.71. The van der Waals surface area contributed by atoms with Crippen molar-refractivity contribution in [2.75, 3.05) is 20.3 Å². The molecule has 0 aliphatic heterocycles. The van der Waals surface area contributed by atoms with Crippen LogP contribution in [0.2, 0.25) is 0 Å². The van der Waals surface area contributed by atoms with Gasteiger partial charge in [0.15, 0.2) is 0 Å². The molecule has 1 aliphatic carbocycles. The van der Waals surface area contributed by atoms with Gasteiger partial charge in [0.2, 0.25) is 0 Å². The molecule has 0 saturated heterocycles. The highest BCUT2D eigenvalue weighted by Crippen LogP contribution is 2.26. The van der Waals surface area contributed by atoms with Crippen molar-refractivity contribution in [3.63, 3.8) is 0 Å². The molecule has 0 heterocycles. The quantitative estimate of drug-likeness (QED) is 0.448. The lowest BCUT2D eigenvalue weighted by Crippen LogP contribution is -2.28. The van der Waals surface area contributed by atoms with Crippen molar-refractivity contribution in [1.82, 2.24) is 0 Å². The predicted molar refractivity (Wildman–Crippen MR) is 57.9 cm³/mol. The molecular weight excluding hydrogens is 267 g/mol. The molecule has 0 bridgehead atoms. The number of alkyl halides is 1. The van der Waals surface area contributed by atoms with Gasteiger partial charge in [-0.3, -0.25) is 0 Å². The molecule has 0 radical (unpaired) electrons. The SMILES string of the molecule is COCCOC1CCCCC1I. The molecule has 1 fully saturated rings. The molecule has 12 heavy (non-hydrogen) atoms. The Kier molecular flexibility index (Phi) is 5.50. The van der Waals surface area contributed by atoms with Gasteiger partial charge in [-0.1, -0.05) is 35.4 Å². The number of hydrogen-bond acceptors (Lipinski definition) is 2. The molecule has 0 aromatic carbocycles. The minimum atomic E-state index is 0.481. The molecule has 1 saturated carbocycles. The fourth-order valence-electron chi connectivity index (χ4n) is 1.52. The summed E-state index contributed by atoms with van der Waals surface area (Å²) in [4.78, 5) is 0. The number of rotatable bonds is 4. The molecule has 2 nitrogen and oxygen atoms in total. The van der Waals surface area contributed by atoms with E-state index in [9.17, 15) is 0 Å². The first-order chi connectivity index (χ1) is 5.84. The Morgan fingerprint density at radius 1 is 1.25 bits per heavy atom. The molecule has 2 atom stereocenters. The fraction of sp³-hybridized carbons (Fsp3) is 1.00. The molecule has 3 heteroatoms. The van der Waals surface area contributed by atoms with E-state index in [1.807, 2.05) is 0 Å². The van der Waals surface area contributed by atoms with Crippen LogP contribution in [0.25, 0.3) is 0 Å². The molecule has 1 rings (SSSR count).